The van der Waals surface area contributed by atoms with Gasteiger partial charge < -0.3 is 18.9 Å². The van der Waals surface area contributed by atoms with E-state index in [0.717, 1.165) is 43.4 Å². The first-order valence-corrected chi connectivity index (χ1v) is 8.97. The van der Waals surface area contributed by atoms with Gasteiger partial charge in [-0.25, -0.2) is 4.39 Å². The zero-order valence-electron chi connectivity index (χ0n) is 14.0. The van der Waals surface area contributed by atoms with Gasteiger partial charge in [0.2, 0.25) is 0 Å². The summed E-state index contributed by atoms with van der Waals surface area (Å²) >= 11 is 0. The van der Waals surface area contributed by atoms with Crippen molar-refractivity contribution >= 4 is 10.9 Å². The molecule has 1 atom stereocenters. The molecule has 1 spiro atoms. The quantitative estimate of drug-likeness (QED) is 0.837. The van der Waals surface area contributed by atoms with Crippen LogP contribution >= 0.6 is 0 Å². The minimum absolute atomic E-state index is 0.0123. The first kappa shape index (κ1) is 15.5. The molecule has 0 unspecified atom stereocenters. The number of rotatable bonds is 2. The molecule has 2 saturated heterocycles. The second kappa shape index (κ2) is 5.62. The fourth-order valence-corrected chi connectivity index (χ4v) is 4.60. The molecule has 0 N–H and O–H groups in total. The van der Waals surface area contributed by atoms with E-state index in [0.29, 0.717) is 25.3 Å². The lowest BCUT2D eigenvalue weighted by Crippen LogP contribution is -2.46. The van der Waals surface area contributed by atoms with Crippen molar-refractivity contribution in [3.05, 3.63) is 46.0 Å². The summed E-state index contributed by atoms with van der Waals surface area (Å²) in [6.45, 7) is 4.41. The van der Waals surface area contributed by atoms with Gasteiger partial charge in [-0.3, -0.25) is 4.79 Å². The molecule has 2 aromatic rings. The Balaban J connectivity index is 1.40. The number of halogens is 1. The highest BCUT2D eigenvalue weighted by Gasteiger charge is 2.40. The molecule has 25 heavy (non-hydrogen) atoms. The van der Waals surface area contributed by atoms with Gasteiger partial charge in [-0.15, -0.1) is 0 Å². The summed E-state index contributed by atoms with van der Waals surface area (Å²) in [4.78, 5) is 14.6. The Hall–Kier alpha value is -1.76. The molecule has 1 aromatic carbocycles. The summed E-state index contributed by atoms with van der Waals surface area (Å²) in [5.41, 5.74) is 1.42. The summed E-state index contributed by atoms with van der Waals surface area (Å²) in [6.07, 6.45) is 1.69. The van der Waals surface area contributed by atoms with E-state index in [1.165, 1.54) is 6.07 Å². The van der Waals surface area contributed by atoms with Crippen molar-refractivity contribution in [3.8, 4) is 0 Å². The number of piperidine rings is 1. The van der Waals surface area contributed by atoms with Crippen LogP contribution in [-0.2, 0) is 16.0 Å². The first-order valence-electron chi connectivity index (χ1n) is 8.97. The van der Waals surface area contributed by atoms with Gasteiger partial charge in [-0.2, -0.15) is 0 Å². The number of nitrogens with zero attached hydrogens (tertiary/aromatic N) is 2. The Morgan fingerprint density at radius 1 is 1.12 bits per heavy atom. The molecule has 132 valence electrons. The lowest BCUT2D eigenvalue weighted by Gasteiger charge is -2.38. The summed E-state index contributed by atoms with van der Waals surface area (Å²) in [6, 6.07) is 6.65. The van der Waals surface area contributed by atoms with Crippen molar-refractivity contribution in [2.24, 2.45) is 0 Å². The number of benzene rings is 1. The topological polar surface area (TPSA) is 43.7 Å². The van der Waals surface area contributed by atoms with Gasteiger partial charge in [0.25, 0.3) is 5.56 Å². The molecule has 0 saturated carbocycles. The molecule has 0 amide bonds. The first-order chi connectivity index (χ1) is 12.2. The second-order valence-corrected chi connectivity index (χ2v) is 7.29. The maximum atomic E-state index is 14.6. The number of aromatic nitrogens is 1. The minimum atomic E-state index is -0.392. The summed E-state index contributed by atoms with van der Waals surface area (Å²) in [5, 5.41) is 0.934. The predicted octanol–water partition coefficient (Wildman–Crippen LogP) is 2.08. The predicted molar refractivity (Wildman–Crippen MR) is 91.2 cm³/mol. The van der Waals surface area contributed by atoms with Crippen LogP contribution in [0.25, 0.3) is 10.9 Å². The fourth-order valence-electron chi connectivity index (χ4n) is 4.60. The maximum Gasteiger partial charge on any atom is 0.251 e. The summed E-state index contributed by atoms with van der Waals surface area (Å²) < 4.78 is 27.8. The lowest BCUT2D eigenvalue weighted by atomic mass is 9.96. The van der Waals surface area contributed by atoms with Crippen molar-refractivity contribution < 1.29 is 13.9 Å². The molecule has 6 heteroatoms. The standard InChI is InChI=1S/C19H21FN2O3/c20-15-3-1-13-2-4-16(23)22-12-14(17(15)18(13)22)11-21-7-5-19(6-8-21)24-9-10-25-19/h1-4,14H,5-12H2/t14-/m1/s1. The molecule has 3 aliphatic heterocycles. The highest BCUT2D eigenvalue weighted by molar-refractivity contribution is 5.84. The minimum Gasteiger partial charge on any atom is -0.347 e. The van der Waals surface area contributed by atoms with Crippen LogP contribution < -0.4 is 5.56 Å². The van der Waals surface area contributed by atoms with Gasteiger partial charge in [0.1, 0.15) is 5.82 Å². The largest absolute Gasteiger partial charge is 0.347 e. The Morgan fingerprint density at radius 3 is 2.60 bits per heavy atom. The Labute approximate surface area is 144 Å². The number of hydrogen-bond acceptors (Lipinski definition) is 4. The van der Waals surface area contributed by atoms with Crippen molar-refractivity contribution in [2.75, 3.05) is 32.8 Å². The van der Waals surface area contributed by atoms with Crippen LogP contribution in [0.5, 0.6) is 0 Å². The van der Waals surface area contributed by atoms with E-state index in [-0.39, 0.29) is 17.3 Å². The number of pyridine rings is 1. The molecule has 0 aliphatic carbocycles. The maximum absolute atomic E-state index is 14.6. The number of hydrogen-bond donors (Lipinski definition) is 0. The smallest absolute Gasteiger partial charge is 0.251 e. The zero-order chi connectivity index (χ0) is 17.0. The van der Waals surface area contributed by atoms with Crippen LogP contribution in [0, 0.1) is 5.82 Å². The van der Waals surface area contributed by atoms with Crippen LogP contribution in [0.1, 0.15) is 24.3 Å². The van der Waals surface area contributed by atoms with Gasteiger partial charge >= 0.3 is 0 Å². The number of ether oxygens (including phenoxy) is 2. The van der Waals surface area contributed by atoms with Crippen LogP contribution in [0.4, 0.5) is 4.39 Å². The van der Waals surface area contributed by atoms with Crippen molar-refractivity contribution in [1.29, 1.82) is 0 Å². The van der Waals surface area contributed by atoms with Gasteiger partial charge in [0.15, 0.2) is 5.79 Å². The van der Waals surface area contributed by atoms with E-state index in [9.17, 15) is 9.18 Å². The third-order valence-corrected chi connectivity index (χ3v) is 5.86. The van der Waals surface area contributed by atoms with E-state index in [4.69, 9.17) is 9.47 Å². The molecular formula is C19H21FN2O3. The molecule has 5 rings (SSSR count). The number of likely N-dealkylation sites (tertiary alicyclic amines) is 1. The van der Waals surface area contributed by atoms with E-state index in [1.54, 1.807) is 22.8 Å². The van der Waals surface area contributed by atoms with Crippen molar-refractivity contribution in [3.63, 3.8) is 0 Å². The average Bonchev–Trinajstić information content (AvgIpc) is 3.22. The molecule has 4 heterocycles. The molecule has 5 nitrogen and oxygen atoms in total. The van der Waals surface area contributed by atoms with Crippen LogP contribution in [0.3, 0.4) is 0 Å². The molecular weight excluding hydrogens is 323 g/mol. The second-order valence-electron chi connectivity index (χ2n) is 7.29. The zero-order valence-corrected chi connectivity index (χ0v) is 14.0. The summed E-state index contributed by atoms with van der Waals surface area (Å²) in [5.74, 6) is -0.583. The Bertz CT molecular complexity index is 878. The monoisotopic (exact) mass is 344 g/mol. The lowest BCUT2D eigenvalue weighted by molar-refractivity contribution is -0.185. The van der Waals surface area contributed by atoms with E-state index in [1.807, 2.05) is 0 Å². The highest BCUT2D eigenvalue weighted by Crippen LogP contribution is 2.37. The van der Waals surface area contributed by atoms with Gasteiger partial charge in [0, 0.05) is 56.6 Å². The van der Waals surface area contributed by atoms with Crippen LogP contribution in [0.15, 0.2) is 29.1 Å². The van der Waals surface area contributed by atoms with Crippen molar-refractivity contribution in [2.45, 2.75) is 31.1 Å². The average molecular weight is 344 g/mol. The van der Waals surface area contributed by atoms with Crippen molar-refractivity contribution in [1.82, 2.24) is 9.47 Å². The van der Waals surface area contributed by atoms with E-state index < -0.39 is 5.79 Å². The third-order valence-electron chi connectivity index (χ3n) is 5.86. The Kier molecular flexibility index (Phi) is 3.48. The SMILES string of the molecule is O=c1ccc2ccc(F)c3c2n1C[C@H]3CN1CCC2(CC1)OCCO2. The third kappa shape index (κ3) is 2.43. The van der Waals surface area contributed by atoms with Gasteiger partial charge in [0.05, 0.1) is 18.7 Å². The highest BCUT2D eigenvalue weighted by atomic mass is 19.1. The van der Waals surface area contributed by atoms with Crippen LogP contribution in [-0.4, -0.2) is 48.1 Å². The van der Waals surface area contributed by atoms with Crippen LogP contribution in [0.2, 0.25) is 0 Å². The fraction of sp³-hybridized carbons (Fsp3) is 0.526. The van der Waals surface area contributed by atoms with E-state index in [2.05, 4.69) is 4.90 Å². The molecule has 0 bridgehead atoms. The van der Waals surface area contributed by atoms with Gasteiger partial charge in [-0.05, 0) is 23.6 Å². The molecule has 2 fully saturated rings. The summed E-state index contributed by atoms with van der Waals surface area (Å²) in [7, 11) is 0. The van der Waals surface area contributed by atoms with Gasteiger partial charge in [-0.1, -0.05) is 0 Å². The van der Waals surface area contributed by atoms with E-state index >= 15 is 0 Å². The molecule has 0 radical (unpaired) electrons. The normalized spacial score (nSPS) is 25.2. The molecule has 3 aliphatic rings. The molecule has 1 aromatic heterocycles. The Morgan fingerprint density at radius 2 is 1.84 bits per heavy atom.